The van der Waals surface area contributed by atoms with Crippen molar-refractivity contribution in [1.82, 2.24) is 0 Å². The second kappa shape index (κ2) is 6.28. The summed E-state index contributed by atoms with van der Waals surface area (Å²) >= 11 is 0. The number of benzene rings is 1. The highest BCUT2D eigenvalue weighted by Crippen LogP contribution is 2.20. The van der Waals surface area contributed by atoms with Gasteiger partial charge in [0.1, 0.15) is 17.9 Å². The highest BCUT2D eigenvalue weighted by Gasteiger charge is 2.11. The Bertz CT molecular complexity index is 379. The first kappa shape index (κ1) is 14.4. The van der Waals surface area contributed by atoms with Crippen LogP contribution in [-0.2, 0) is 9.53 Å². The van der Waals surface area contributed by atoms with Gasteiger partial charge in [-0.05, 0) is 52.0 Å². The van der Waals surface area contributed by atoms with Gasteiger partial charge >= 0.3 is 5.97 Å². The van der Waals surface area contributed by atoms with Gasteiger partial charge in [0.05, 0.1) is 6.61 Å². The molecule has 0 unspecified atom stereocenters. The summed E-state index contributed by atoms with van der Waals surface area (Å²) in [6, 6.07) is 7.50. The maximum absolute atomic E-state index is 11.2. The van der Waals surface area contributed by atoms with E-state index in [9.17, 15) is 4.79 Å². The van der Waals surface area contributed by atoms with Gasteiger partial charge in [-0.3, -0.25) is 4.79 Å². The topological polar surface area (TPSA) is 47.6 Å². The van der Waals surface area contributed by atoms with E-state index < -0.39 is 0 Å². The van der Waals surface area contributed by atoms with Crippen molar-refractivity contribution < 1.29 is 14.3 Å². The summed E-state index contributed by atoms with van der Waals surface area (Å²) in [6.07, 6.45) is 0. The molecule has 1 rings (SSSR count). The number of hydrogen-bond acceptors (Lipinski definition) is 4. The van der Waals surface area contributed by atoms with E-state index in [-0.39, 0.29) is 18.1 Å². The lowest BCUT2D eigenvalue weighted by atomic mass is 10.2. The van der Waals surface area contributed by atoms with Crippen LogP contribution in [0.15, 0.2) is 24.3 Å². The maximum atomic E-state index is 11.2. The number of esters is 1. The Kier molecular flexibility index (Phi) is 5.01. The summed E-state index contributed by atoms with van der Waals surface area (Å²) in [4.78, 5) is 11.2. The van der Waals surface area contributed by atoms with E-state index in [1.807, 2.05) is 45.0 Å². The fraction of sp³-hybridized carbons (Fsp3) is 0.500. The summed E-state index contributed by atoms with van der Waals surface area (Å²) in [5, 5.41) is 2.99. The Hall–Kier alpha value is -1.71. The van der Waals surface area contributed by atoms with Crippen LogP contribution in [0, 0.1) is 0 Å². The number of carbonyl (C=O) groups is 1. The summed E-state index contributed by atoms with van der Waals surface area (Å²) in [5.41, 5.74) is 0.657. The first-order valence-electron chi connectivity index (χ1n) is 6.09. The molecule has 0 heterocycles. The maximum Gasteiger partial charge on any atom is 0.325 e. The molecule has 4 heteroatoms. The molecule has 1 N–H and O–H groups in total. The molecule has 0 saturated carbocycles. The van der Waals surface area contributed by atoms with Gasteiger partial charge in [0, 0.05) is 5.69 Å². The van der Waals surface area contributed by atoms with Crippen molar-refractivity contribution in [2.45, 2.75) is 33.3 Å². The molecule has 0 aromatic heterocycles. The van der Waals surface area contributed by atoms with Crippen LogP contribution >= 0.6 is 0 Å². The quantitative estimate of drug-likeness (QED) is 0.817. The fourth-order valence-corrected chi connectivity index (χ4v) is 1.38. The van der Waals surface area contributed by atoms with Gasteiger partial charge in [0.2, 0.25) is 0 Å². The Morgan fingerprint density at radius 1 is 1.22 bits per heavy atom. The molecular formula is C14H21NO3. The lowest BCUT2D eigenvalue weighted by molar-refractivity contribution is -0.140. The van der Waals surface area contributed by atoms with E-state index in [0.29, 0.717) is 6.61 Å². The lowest BCUT2D eigenvalue weighted by Crippen LogP contribution is -2.22. The van der Waals surface area contributed by atoms with Crippen LogP contribution in [0.1, 0.15) is 27.7 Å². The zero-order chi connectivity index (χ0) is 13.6. The minimum Gasteiger partial charge on any atom is -0.488 e. The van der Waals surface area contributed by atoms with Crippen molar-refractivity contribution in [2.75, 3.05) is 18.5 Å². The van der Waals surface area contributed by atoms with E-state index in [1.54, 1.807) is 6.92 Å². The molecule has 4 nitrogen and oxygen atoms in total. The van der Waals surface area contributed by atoms with Crippen LogP contribution in [-0.4, -0.2) is 24.7 Å². The molecule has 18 heavy (non-hydrogen) atoms. The number of rotatable bonds is 5. The monoisotopic (exact) mass is 251 g/mol. The fourth-order valence-electron chi connectivity index (χ4n) is 1.38. The third-order valence-electron chi connectivity index (χ3n) is 2.02. The van der Waals surface area contributed by atoms with Crippen molar-refractivity contribution >= 4 is 11.7 Å². The largest absolute Gasteiger partial charge is 0.488 e. The number of nitrogens with one attached hydrogen (secondary N) is 1. The van der Waals surface area contributed by atoms with Crippen molar-refractivity contribution in [1.29, 1.82) is 0 Å². The van der Waals surface area contributed by atoms with Crippen molar-refractivity contribution in [3.05, 3.63) is 24.3 Å². The molecule has 100 valence electrons. The molecule has 0 atom stereocenters. The van der Waals surface area contributed by atoms with Crippen LogP contribution < -0.4 is 10.1 Å². The molecule has 1 aromatic carbocycles. The number of anilines is 1. The second-order valence-corrected chi connectivity index (χ2v) is 4.90. The molecule has 0 aliphatic carbocycles. The van der Waals surface area contributed by atoms with Crippen LogP contribution in [0.25, 0.3) is 0 Å². The molecule has 0 saturated heterocycles. The lowest BCUT2D eigenvalue weighted by Gasteiger charge is -2.21. The SMILES string of the molecule is CCOC(=O)CNc1ccc(OC(C)(C)C)cc1. The van der Waals surface area contributed by atoms with Gasteiger partial charge < -0.3 is 14.8 Å². The highest BCUT2D eigenvalue weighted by molar-refractivity contribution is 5.74. The molecule has 0 fully saturated rings. The summed E-state index contributed by atoms with van der Waals surface area (Å²) in [6.45, 7) is 8.36. The molecule has 0 radical (unpaired) electrons. The smallest absolute Gasteiger partial charge is 0.325 e. The Balaban J connectivity index is 2.48. The van der Waals surface area contributed by atoms with E-state index in [0.717, 1.165) is 11.4 Å². The van der Waals surface area contributed by atoms with Crippen molar-refractivity contribution in [3.8, 4) is 5.75 Å². The third kappa shape index (κ3) is 5.57. The van der Waals surface area contributed by atoms with Crippen LogP contribution in [0.3, 0.4) is 0 Å². The Morgan fingerprint density at radius 3 is 2.33 bits per heavy atom. The van der Waals surface area contributed by atoms with Crippen LogP contribution in [0.2, 0.25) is 0 Å². The van der Waals surface area contributed by atoms with Crippen LogP contribution in [0.4, 0.5) is 5.69 Å². The van der Waals surface area contributed by atoms with E-state index in [2.05, 4.69) is 5.32 Å². The number of hydrogen-bond donors (Lipinski definition) is 1. The summed E-state index contributed by atoms with van der Waals surface area (Å²) in [7, 11) is 0. The predicted octanol–water partition coefficient (Wildman–Crippen LogP) is 2.84. The van der Waals surface area contributed by atoms with Gasteiger partial charge in [0.25, 0.3) is 0 Å². The van der Waals surface area contributed by atoms with Gasteiger partial charge in [-0.25, -0.2) is 0 Å². The molecule has 0 amide bonds. The molecule has 0 bridgehead atoms. The van der Waals surface area contributed by atoms with E-state index in [4.69, 9.17) is 9.47 Å². The number of carbonyl (C=O) groups excluding carboxylic acids is 1. The van der Waals surface area contributed by atoms with Gasteiger partial charge in [-0.15, -0.1) is 0 Å². The molecule has 0 aliphatic rings. The van der Waals surface area contributed by atoms with Crippen molar-refractivity contribution in [2.24, 2.45) is 0 Å². The average Bonchev–Trinajstić information content (AvgIpc) is 2.26. The Labute approximate surface area is 108 Å². The molecule has 1 aromatic rings. The van der Waals surface area contributed by atoms with Crippen molar-refractivity contribution in [3.63, 3.8) is 0 Å². The van der Waals surface area contributed by atoms with Gasteiger partial charge in [0.15, 0.2) is 0 Å². The molecule has 0 aliphatic heterocycles. The Morgan fingerprint density at radius 2 is 1.83 bits per heavy atom. The average molecular weight is 251 g/mol. The second-order valence-electron chi connectivity index (χ2n) is 4.90. The van der Waals surface area contributed by atoms with E-state index in [1.165, 1.54) is 0 Å². The van der Waals surface area contributed by atoms with Gasteiger partial charge in [-0.1, -0.05) is 0 Å². The predicted molar refractivity (Wildman–Crippen MR) is 71.9 cm³/mol. The van der Waals surface area contributed by atoms with Gasteiger partial charge in [-0.2, -0.15) is 0 Å². The summed E-state index contributed by atoms with van der Waals surface area (Å²) < 4.78 is 10.5. The zero-order valence-electron chi connectivity index (χ0n) is 11.4. The van der Waals surface area contributed by atoms with E-state index >= 15 is 0 Å². The highest BCUT2D eigenvalue weighted by atomic mass is 16.5. The zero-order valence-corrected chi connectivity index (χ0v) is 11.4. The molecule has 0 spiro atoms. The van der Waals surface area contributed by atoms with Crippen LogP contribution in [0.5, 0.6) is 5.75 Å². The minimum atomic E-state index is -0.257. The third-order valence-corrected chi connectivity index (χ3v) is 2.02. The minimum absolute atomic E-state index is 0.174. The number of ether oxygens (including phenoxy) is 2. The molecular weight excluding hydrogens is 230 g/mol. The summed E-state index contributed by atoms with van der Waals surface area (Å²) in [5.74, 6) is 0.553. The first-order valence-corrected chi connectivity index (χ1v) is 6.09. The standard InChI is InChI=1S/C14H21NO3/c1-5-17-13(16)10-15-11-6-8-12(9-7-11)18-14(2,3)4/h6-9,15H,5,10H2,1-4H3. The first-order chi connectivity index (χ1) is 8.40. The normalized spacial score (nSPS) is 10.9.